The Morgan fingerprint density at radius 3 is 2.30 bits per heavy atom. The van der Waals surface area contributed by atoms with E-state index in [1.54, 1.807) is 18.2 Å². The van der Waals surface area contributed by atoms with Crippen molar-refractivity contribution in [3.63, 3.8) is 0 Å². The maximum atomic E-state index is 10.8. The zero-order valence-corrected chi connectivity index (χ0v) is 12.1. The van der Waals surface area contributed by atoms with Crippen LogP contribution in [0.5, 0.6) is 11.5 Å². The van der Waals surface area contributed by atoms with Crippen LogP contribution in [0.15, 0.2) is 65.1 Å². The number of hydrogen-bond acceptors (Lipinski definition) is 2. The molecular weight excluding hydrogens is 316 g/mol. The summed E-state index contributed by atoms with van der Waals surface area (Å²) in [5, 5.41) is 2.31. The molecule has 0 aliphatic carbocycles. The van der Waals surface area contributed by atoms with Crippen LogP contribution in [-0.4, -0.2) is 6.29 Å². The average Bonchev–Trinajstić information content (AvgIpc) is 2.47. The van der Waals surface area contributed by atoms with E-state index in [9.17, 15) is 4.79 Å². The largest absolute Gasteiger partial charge is 0.457 e. The summed E-state index contributed by atoms with van der Waals surface area (Å²) in [6, 6.07) is 19.4. The molecule has 0 aliphatic rings. The van der Waals surface area contributed by atoms with Crippen molar-refractivity contribution >= 4 is 33.0 Å². The molecular formula is C17H11BrO2. The lowest BCUT2D eigenvalue weighted by Gasteiger charge is -2.08. The zero-order valence-electron chi connectivity index (χ0n) is 10.5. The highest BCUT2D eigenvalue weighted by molar-refractivity contribution is 9.10. The maximum absolute atomic E-state index is 10.8. The van der Waals surface area contributed by atoms with Gasteiger partial charge in [-0.15, -0.1) is 0 Å². The molecule has 20 heavy (non-hydrogen) atoms. The third-order valence-corrected chi connectivity index (χ3v) is 3.74. The van der Waals surface area contributed by atoms with Crippen LogP contribution in [0.1, 0.15) is 10.4 Å². The monoisotopic (exact) mass is 326 g/mol. The molecule has 0 heterocycles. The fourth-order valence-electron chi connectivity index (χ4n) is 2.03. The van der Waals surface area contributed by atoms with Crippen molar-refractivity contribution in [3.8, 4) is 11.5 Å². The molecule has 3 rings (SSSR count). The number of ether oxygens (including phenoxy) is 1. The lowest BCUT2D eigenvalue weighted by Crippen LogP contribution is -1.87. The van der Waals surface area contributed by atoms with Crippen molar-refractivity contribution in [2.75, 3.05) is 0 Å². The maximum Gasteiger partial charge on any atom is 0.151 e. The molecule has 0 atom stereocenters. The van der Waals surface area contributed by atoms with Gasteiger partial charge in [-0.3, -0.25) is 4.79 Å². The summed E-state index contributed by atoms with van der Waals surface area (Å²) in [4.78, 5) is 10.8. The van der Waals surface area contributed by atoms with Gasteiger partial charge in [0, 0.05) is 10.0 Å². The van der Waals surface area contributed by atoms with Gasteiger partial charge in [0.1, 0.15) is 11.5 Å². The van der Waals surface area contributed by atoms with E-state index >= 15 is 0 Å². The zero-order chi connectivity index (χ0) is 13.9. The molecule has 0 fully saturated rings. The topological polar surface area (TPSA) is 26.3 Å². The van der Waals surface area contributed by atoms with Crippen LogP contribution in [-0.2, 0) is 0 Å². The average molecular weight is 327 g/mol. The smallest absolute Gasteiger partial charge is 0.151 e. The van der Waals surface area contributed by atoms with E-state index in [1.165, 1.54) is 5.39 Å². The standard InChI is InChI=1S/C17H11BrO2/c18-17-10-16(8-6-14(17)11-19)20-15-7-5-12-3-1-2-4-13(12)9-15/h1-11H. The van der Waals surface area contributed by atoms with Crippen LogP contribution < -0.4 is 4.74 Å². The summed E-state index contributed by atoms with van der Waals surface area (Å²) in [5.41, 5.74) is 0.607. The molecule has 3 aromatic carbocycles. The minimum atomic E-state index is 0.607. The van der Waals surface area contributed by atoms with E-state index in [1.807, 2.05) is 36.4 Å². The molecule has 0 aliphatic heterocycles. The number of fused-ring (bicyclic) bond motifs is 1. The van der Waals surface area contributed by atoms with Crippen molar-refractivity contribution in [2.45, 2.75) is 0 Å². The molecule has 0 bridgehead atoms. The lowest BCUT2D eigenvalue weighted by atomic mass is 10.1. The number of aldehydes is 1. The minimum Gasteiger partial charge on any atom is -0.457 e. The SMILES string of the molecule is O=Cc1ccc(Oc2ccc3ccccc3c2)cc1Br. The van der Waals surface area contributed by atoms with Crippen molar-refractivity contribution < 1.29 is 9.53 Å². The Kier molecular flexibility index (Phi) is 3.52. The van der Waals surface area contributed by atoms with Crippen LogP contribution in [0, 0.1) is 0 Å². The Balaban J connectivity index is 1.92. The van der Waals surface area contributed by atoms with Crippen LogP contribution in [0.3, 0.4) is 0 Å². The number of carbonyl (C=O) groups excluding carboxylic acids is 1. The van der Waals surface area contributed by atoms with E-state index in [0.717, 1.165) is 21.9 Å². The Morgan fingerprint density at radius 1 is 0.850 bits per heavy atom. The second kappa shape index (κ2) is 5.47. The molecule has 0 saturated heterocycles. The summed E-state index contributed by atoms with van der Waals surface area (Å²) in [7, 11) is 0. The van der Waals surface area contributed by atoms with E-state index in [0.29, 0.717) is 11.3 Å². The van der Waals surface area contributed by atoms with Gasteiger partial charge in [-0.1, -0.05) is 30.3 Å². The van der Waals surface area contributed by atoms with Crippen LogP contribution in [0.2, 0.25) is 0 Å². The van der Waals surface area contributed by atoms with Gasteiger partial charge in [0.05, 0.1) is 0 Å². The first-order valence-electron chi connectivity index (χ1n) is 6.18. The second-order valence-corrected chi connectivity index (χ2v) is 5.27. The molecule has 0 spiro atoms. The molecule has 2 nitrogen and oxygen atoms in total. The van der Waals surface area contributed by atoms with Gasteiger partial charge in [0.15, 0.2) is 6.29 Å². The summed E-state index contributed by atoms with van der Waals surface area (Å²) >= 11 is 3.35. The minimum absolute atomic E-state index is 0.607. The lowest BCUT2D eigenvalue weighted by molar-refractivity contribution is 0.112. The van der Waals surface area contributed by atoms with Crippen molar-refractivity contribution in [3.05, 3.63) is 70.7 Å². The number of rotatable bonds is 3. The number of hydrogen-bond donors (Lipinski definition) is 0. The summed E-state index contributed by atoms with van der Waals surface area (Å²) in [6.45, 7) is 0. The van der Waals surface area contributed by atoms with E-state index < -0.39 is 0 Å². The van der Waals surface area contributed by atoms with E-state index in [-0.39, 0.29) is 0 Å². The molecule has 0 N–H and O–H groups in total. The van der Waals surface area contributed by atoms with Crippen LogP contribution in [0.4, 0.5) is 0 Å². The van der Waals surface area contributed by atoms with Gasteiger partial charge in [-0.05, 0) is 57.0 Å². The highest BCUT2D eigenvalue weighted by atomic mass is 79.9. The highest BCUT2D eigenvalue weighted by Crippen LogP contribution is 2.28. The van der Waals surface area contributed by atoms with Crippen LogP contribution in [0.25, 0.3) is 10.8 Å². The first kappa shape index (κ1) is 12.9. The van der Waals surface area contributed by atoms with Crippen molar-refractivity contribution in [2.24, 2.45) is 0 Å². The summed E-state index contributed by atoms with van der Waals surface area (Å²) in [5.74, 6) is 1.47. The Hall–Kier alpha value is -2.13. The van der Waals surface area contributed by atoms with Gasteiger partial charge < -0.3 is 4.74 Å². The third kappa shape index (κ3) is 2.58. The number of carbonyl (C=O) groups is 1. The molecule has 0 radical (unpaired) electrons. The molecule has 98 valence electrons. The fourth-order valence-corrected chi connectivity index (χ4v) is 2.49. The van der Waals surface area contributed by atoms with Crippen molar-refractivity contribution in [1.82, 2.24) is 0 Å². The molecule has 0 aromatic heterocycles. The van der Waals surface area contributed by atoms with Crippen LogP contribution >= 0.6 is 15.9 Å². The van der Waals surface area contributed by atoms with E-state index in [2.05, 4.69) is 22.0 Å². The normalized spacial score (nSPS) is 10.4. The fraction of sp³-hybridized carbons (Fsp3) is 0. The Bertz CT molecular complexity index is 781. The van der Waals surface area contributed by atoms with Crippen molar-refractivity contribution in [1.29, 1.82) is 0 Å². The quantitative estimate of drug-likeness (QED) is 0.618. The highest BCUT2D eigenvalue weighted by Gasteiger charge is 2.03. The van der Waals surface area contributed by atoms with Gasteiger partial charge in [0.25, 0.3) is 0 Å². The van der Waals surface area contributed by atoms with E-state index in [4.69, 9.17) is 4.74 Å². The molecule has 0 amide bonds. The molecule has 0 unspecified atom stereocenters. The third-order valence-electron chi connectivity index (χ3n) is 3.06. The van der Waals surface area contributed by atoms with Gasteiger partial charge in [-0.25, -0.2) is 0 Å². The summed E-state index contributed by atoms with van der Waals surface area (Å²) < 4.78 is 6.55. The van der Waals surface area contributed by atoms with Gasteiger partial charge >= 0.3 is 0 Å². The predicted molar refractivity (Wildman–Crippen MR) is 83.6 cm³/mol. The summed E-state index contributed by atoms with van der Waals surface area (Å²) in [6.07, 6.45) is 0.809. The van der Waals surface area contributed by atoms with Gasteiger partial charge in [-0.2, -0.15) is 0 Å². The van der Waals surface area contributed by atoms with Gasteiger partial charge in [0.2, 0.25) is 0 Å². The Labute approximate surface area is 125 Å². The number of halogens is 1. The second-order valence-electron chi connectivity index (χ2n) is 4.41. The number of benzene rings is 3. The molecule has 0 saturated carbocycles. The predicted octanol–water partition coefficient (Wildman–Crippen LogP) is 5.21. The Morgan fingerprint density at radius 2 is 1.55 bits per heavy atom. The first-order chi connectivity index (χ1) is 9.76. The first-order valence-corrected chi connectivity index (χ1v) is 6.97. The molecule has 3 heteroatoms. The molecule has 3 aromatic rings.